The van der Waals surface area contributed by atoms with Gasteiger partial charge >= 0.3 is 5.69 Å². The third-order valence-electron chi connectivity index (χ3n) is 5.19. The largest absolute Gasteiger partial charge is 0.349 e. The Hall–Kier alpha value is -2.44. The van der Waals surface area contributed by atoms with Gasteiger partial charge in [0.1, 0.15) is 0 Å². The normalized spacial score (nSPS) is 15.4. The van der Waals surface area contributed by atoms with Crippen LogP contribution in [0.3, 0.4) is 0 Å². The van der Waals surface area contributed by atoms with Crippen LogP contribution in [0.4, 0.5) is 0 Å². The molecule has 2 aromatic heterocycles. The third-order valence-corrected chi connectivity index (χ3v) is 5.19. The van der Waals surface area contributed by atoms with Crippen molar-refractivity contribution in [2.45, 2.75) is 77.8 Å². The van der Waals surface area contributed by atoms with Crippen molar-refractivity contribution in [3.8, 4) is 0 Å². The zero-order valence-corrected chi connectivity index (χ0v) is 16.3. The standard InChI is InChI=1S/C20H28N4O3/c1-4-10-24-17-16(19(26)23-20(24)27)14(11-15(22-17)12(2)3)18(25)21-13-8-6-5-7-9-13/h11-13H,4-10H2,1-3H3,(H,21,25)(H,23,26,27). The van der Waals surface area contributed by atoms with Crippen molar-refractivity contribution in [1.29, 1.82) is 0 Å². The van der Waals surface area contributed by atoms with E-state index in [1.54, 1.807) is 6.07 Å². The summed E-state index contributed by atoms with van der Waals surface area (Å²) >= 11 is 0. The number of nitrogens with zero attached hydrogens (tertiary/aromatic N) is 2. The number of hydrogen-bond acceptors (Lipinski definition) is 4. The minimum Gasteiger partial charge on any atom is -0.349 e. The van der Waals surface area contributed by atoms with Gasteiger partial charge in [-0.1, -0.05) is 40.0 Å². The highest BCUT2D eigenvalue weighted by molar-refractivity contribution is 6.05. The molecule has 27 heavy (non-hydrogen) atoms. The molecular weight excluding hydrogens is 344 g/mol. The number of aryl methyl sites for hydroxylation is 1. The molecule has 2 aromatic rings. The number of carbonyl (C=O) groups excluding carboxylic acids is 1. The van der Waals surface area contributed by atoms with Crippen LogP contribution in [0.15, 0.2) is 15.7 Å². The summed E-state index contributed by atoms with van der Waals surface area (Å²) in [7, 11) is 0. The average molecular weight is 372 g/mol. The number of nitrogens with one attached hydrogen (secondary N) is 2. The Morgan fingerprint density at radius 3 is 2.63 bits per heavy atom. The quantitative estimate of drug-likeness (QED) is 0.843. The maximum absolute atomic E-state index is 13.0. The fourth-order valence-corrected chi connectivity index (χ4v) is 3.71. The molecule has 1 saturated carbocycles. The van der Waals surface area contributed by atoms with Crippen LogP contribution in [0.25, 0.3) is 11.0 Å². The second kappa shape index (κ2) is 8.06. The van der Waals surface area contributed by atoms with E-state index < -0.39 is 11.2 Å². The SMILES string of the molecule is CCCn1c(=O)[nH]c(=O)c2c(C(=O)NC3CCCCC3)cc(C(C)C)nc21. The molecular formula is C20H28N4O3. The molecule has 1 amide bonds. The maximum Gasteiger partial charge on any atom is 0.329 e. The van der Waals surface area contributed by atoms with Crippen molar-refractivity contribution in [1.82, 2.24) is 19.9 Å². The molecule has 7 nitrogen and oxygen atoms in total. The molecule has 7 heteroatoms. The predicted molar refractivity (Wildman–Crippen MR) is 105 cm³/mol. The second-order valence-electron chi connectivity index (χ2n) is 7.67. The molecule has 1 aliphatic carbocycles. The molecule has 146 valence electrons. The highest BCUT2D eigenvalue weighted by Crippen LogP contribution is 2.22. The van der Waals surface area contributed by atoms with Crippen LogP contribution < -0.4 is 16.6 Å². The van der Waals surface area contributed by atoms with Crippen molar-refractivity contribution in [3.63, 3.8) is 0 Å². The molecule has 0 saturated heterocycles. The van der Waals surface area contributed by atoms with E-state index in [2.05, 4.69) is 15.3 Å². The first-order valence-corrected chi connectivity index (χ1v) is 9.91. The highest BCUT2D eigenvalue weighted by Gasteiger charge is 2.23. The van der Waals surface area contributed by atoms with Crippen LogP contribution in [-0.4, -0.2) is 26.5 Å². The zero-order chi connectivity index (χ0) is 19.6. The Morgan fingerprint density at radius 2 is 2.00 bits per heavy atom. The van der Waals surface area contributed by atoms with Gasteiger partial charge in [-0.25, -0.2) is 9.78 Å². The number of fused-ring (bicyclic) bond motifs is 1. The van der Waals surface area contributed by atoms with Crippen molar-refractivity contribution >= 4 is 16.9 Å². The van der Waals surface area contributed by atoms with E-state index in [1.807, 2.05) is 20.8 Å². The molecule has 0 aliphatic heterocycles. The number of amides is 1. The van der Waals surface area contributed by atoms with Gasteiger partial charge in [0.15, 0.2) is 5.65 Å². The lowest BCUT2D eigenvalue weighted by Gasteiger charge is -2.23. The molecule has 0 aromatic carbocycles. The molecule has 0 unspecified atom stereocenters. The van der Waals surface area contributed by atoms with Gasteiger partial charge in [0.05, 0.1) is 10.9 Å². The van der Waals surface area contributed by atoms with Crippen LogP contribution in [0.1, 0.15) is 81.3 Å². The Kier molecular flexibility index (Phi) is 5.77. The molecule has 0 radical (unpaired) electrons. The summed E-state index contributed by atoms with van der Waals surface area (Å²) in [4.78, 5) is 44.8. The smallest absolute Gasteiger partial charge is 0.329 e. The first kappa shape index (κ1) is 19.3. The number of hydrogen-bond donors (Lipinski definition) is 2. The van der Waals surface area contributed by atoms with Crippen LogP contribution in [0.2, 0.25) is 0 Å². The van der Waals surface area contributed by atoms with Crippen LogP contribution in [0.5, 0.6) is 0 Å². The molecule has 0 atom stereocenters. The van der Waals surface area contributed by atoms with E-state index in [1.165, 1.54) is 11.0 Å². The zero-order valence-electron chi connectivity index (χ0n) is 16.3. The topological polar surface area (TPSA) is 96.9 Å². The Balaban J connectivity index is 2.17. The molecule has 2 heterocycles. The van der Waals surface area contributed by atoms with E-state index in [0.717, 1.165) is 32.1 Å². The number of rotatable bonds is 5. The van der Waals surface area contributed by atoms with E-state index in [4.69, 9.17) is 0 Å². The van der Waals surface area contributed by atoms with Crippen molar-refractivity contribution in [3.05, 3.63) is 38.2 Å². The molecule has 1 aliphatic rings. The summed E-state index contributed by atoms with van der Waals surface area (Å²) in [6.07, 6.45) is 6.06. The van der Waals surface area contributed by atoms with Gasteiger partial charge in [0.25, 0.3) is 11.5 Å². The molecule has 0 spiro atoms. The van der Waals surface area contributed by atoms with Crippen molar-refractivity contribution < 1.29 is 4.79 Å². The first-order chi connectivity index (χ1) is 12.9. The first-order valence-electron chi connectivity index (χ1n) is 9.91. The summed E-state index contributed by atoms with van der Waals surface area (Å²) in [5.41, 5.74) is 0.262. The lowest BCUT2D eigenvalue weighted by atomic mass is 9.95. The van der Waals surface area contributed by atoms with Gasteiger partial charge in [-0.15, -0.1) is 0 Å². The Morgan fingerprint density at radius 1 is 1.30 bits per heavy atom. The fourth-order valence-electron chi connectivity index (χ4n) is 3.71. The lowest BCUT2D eigenvalue weighted by molar-refractivity contribution is 0.0929. The Bertz CT molecular complexity index is 952. The van der Waals surface area contributed by atoms with Gasteiger partial charge in [-0.05, 0) is 31.2 Å². The predicted octanol–water partition coefficient (Wildman–Crippen LogP) is 2.68. The minimum absolute atomic E-state index is 0.0695. The number of aromatic nitrogens is 3. The Labute approximate surface area is 158 Å². The minimum atomic E-state index is -0.557. The van der Waals surface area contributed by atoms with E-state index in [0.29, 0.717) is 23.4 Å². The van der Waals surface area contributed by atoms with Crippen molar-refractivity contribution in [2.75, 3.05) is 0 Å². The van der Waals surface area contributed by atoms with Gasteiger partial charge in [0, 0.05) is 18.3 Å². The fraction of sp³-hybridized carbons (Fsp3) is 0.600. The number of H-pyrrole nitrogens is 1. The molecule has 2 N–H and O–H groups in total. The summed E-state index contributed by atoms with van der Waals surface area (Å²) in [5.74, 6) is -0.191. The summed E-state index contributed by atoms with van der Waals surface area (Å²) in [6, 6.07) is 1.83. The lowest BCUT2D eigenvalue weighted by Crippen LogP contribution is -2.38. The second-order valence-corrected chi connectivity index (χ2v) is 7.67. The third kappa shape index (κ3) is 3.96. The van der Waals surface area contributed by atoms with Crippen molar-refractivity contribution in [2.24, 2.45) is 0 Å². The van der Waals surface area contributed by atoms with E-state index >= 15 is 0 Å². The highest BCUT2D eigenvalue weighted by atomic mass is 16.2. The molecule has 3 rings (SSSR count). The summed E-state index contributed by atoms with van der Waals surface area (Å²) < 4.78 is 1.46. The monoisotopic (exact) mass is 372 g/mol. The van der Waals surface area contributed by atoms with Gasteiger partial charge in [-0.2, -0.15) is 0 Å². The molecule has 1 fully saturated rings. The van der Waals surface area contributed by atoms with Gasteiger partial charge in [-0.3, -0.25) is 19.1 Å². The maximum atomic E-state index is 13.0. The summed E-state index contributed by atoms with van der Waals surface area (Å²) in [5, 5.41) is 3.28. The van der Waals surface area contributed by atoms with Crippen LogP contribution in [-0.2, 0) is 6.54 Å². The number of aromatic amines is 1. The average Bonchev–Trinajstić information content (AvgIpc) is 2.64. The van der Waals surface area contributed by atoms with Crippen LogP contribution in [0, 0.1) is 0 Å². The van der Waals surface area contributed by atoms with Gasteiger partial charge in [0.2, 0.25) is 0 Å². The van der Waals surface area contributed by atoms with E-state index in [9.17, 15) is 14.4 Å². The number of pyridine rings is 1. The van der Waals surface area contributed by atoms with Gasteiger partial charge < -0.3 is 5.32 Å². The number of carbonyl (C=O) groups is 1. The van der Waals surface area contributed by atoms with E-state index in [-0.39, 0.29) is 23.3 Å². The van der Waals surface area contributed by atoms with Crippen LogP contribution >= 0.6 is 0 Å². The molecule has 0 bridgehead atoms. The summed E-state index contributed by atoms with van der Waals surface area (Å²) in [6.45, 7) is 6.34.